The van der Waals surface area contributed by atoms with E-state index >= 15 is 0 Å². The van der Waals surface area contributed by atoms with Crippen LogP contribution in [0.5, 0.6) is 0 Å². The topological polar surface area (TPSA) is 53.4 Å². The Kier molecular flexibility index (Phi) is 4.29. The number of aromatic nitrogens is 1. The van der Waals surface area contributed by atoms with Crippen molar-refractivity contribution in [1.29, 1.82) is 0 Å². The van der Waals surface area contributed by atoms with Crippen LogP contribution < -0.4 is 0 Å². The molecule has 0 atom stereocenters. The van der Waals surface area contributed by atoms with Crippen LogP contribution in [0.3, 0.4) is 0 Å². The van der Waals surface area contributed by atoms with Gasteiger partial charge in [0.25, 0.3) is 0 Å². The van der Waals surface area contributed by atoms with Gasteiger partial charge in [-0.2, -0.15) is 0 Å². The Morgan fingerprint density at radius 1 is 1.42 bits per heavy atom. The fraction of sp³-hybridized carbons (Fsp3) is 0.286. The first-order valence-electron chi connectivity index (χ1n) is 5.96. The molecule has 4 nitrogen and oxygen atoms in total. The molecular weight excluding hydrogens is 260 g/mol. The molecule has 1 heterocycles. The molecule has 0 bridgehead atoms. The third-order valence-corrected chi connectivity index (χ3v) is 3.55. The Morgan fingerprint density at radius 2 is 2.21 bits per heavy atom. The molecule has 2 rings (SSSR count). The maximum atomic E-state index is 10.9. The Labute approximate surface area is 116 Å². The summed E-state index contributed by atoms with van der Waals surface area (Å²) < 4.78 is 0. The van der Waals surface area contributed by atoms with Crippen LogP contribution in [0.4, 0.5) is 0 Å². The summed E-state index contributed by atoms with van der Waals surface area (Å²) in [5.74, 6) is -0.889. The highest BCUT2D eigenvalue weighted by Gasteiger charge is 2.07. The van der Waals surface area contributed by atoms with E-state index in [1.54, 1.807) is 29.5 Å². The van der Waals surface area contributed by atoms with Crippen molar-refractivity contribution in [2.75, 3.05) is 7.05 Å². The molecule has 0 amide bonds. The van der Waals surface area contributed by atoms with Gasteiger partial charge in [-0.05, 0) is 31.7 Å². The monoisotopic (exact) mass is 276 g/mol. The van der Waals surface area contributed by atoms with Gasteiger partial charge in [-0.15, -0.1) is 11.3 Å². The van der Waals surface area contributed by atoms with Gasteiger partial charge in [0.1, 0.15) is 0 Å². The number of rotatable bonds is 5. The summed E-state index contributed by atoms with van der Waals surface area (Å²) in [5, 5.41) is 12.1. The maximum absolute atomic E-state index is 10.9. The maximum Gasteiger partial charge on any atom is 0.335 e. The van der Waals surface area contributed by atoms with Crippen molar-refractivity contribution in [2.45, 2.75) is 20.0 Å². The number of benzene rings is 1. The molecule has 1 aromatic carbocycles. The average molecular weight is 276 g/mol. The molecule has 0 saturated heterocycles. The number of carboxylic acids is 1. The Bertz CT molecular complexity index is 580. The molecule has 1 aromatic heterocycles. The summed E-state index contributed by atoms with van der Waals surface area (Å²) in [6, 6.07) is 7.04. The van der Waals surface area contributed by atoms with E-state index in [4.69, 9.17) is 5.11 Å². The molecule has 5 heteroatoms. The number of aryl methyl sites for hydroxylation is 1. The van der Waals surface area contributed by atoms with Crippen molar-refractivity contribution in [3.05, 3.63) is 51.5 Å². The highest BCUT2D eigenvalue weighted by molar-refractivity contribution is 7.09. The Hall–Kier alpha value is -1.72. The highest BCUT2D eigenvalue weighted by Crippen LogP contribution is 2.12. The molecule has 0 fully saturated rings. The normalized spacial score (nSPS) is 10.9. The number of aromatic carboxylic acids is 1. The third kappa shape index (κ3) is 3.87. The first kappa shape index (κ1) is 13.7. The second-order valence-electron chi connectivity index (χ2n) is 4.54. The minimum atomic E-state index is -0.889. The quantitative estimate of drug-likeness (QED) is 0.912. The van der Waals surface area contributed by atoms with Crippen molar-refractivity contribution < 1.29 is 9.90 Å². The second kappa shape index (κ2) is 5.95. The average Bonchev–Trinajstić information content (AvgIpc) is 2.74. The van der Waals surface area contributed by atoms with Gasteiger partial charge in [0.05, 0.1) is 16.3 Å². The molecule has 0 radical (unpaired) electrons. The SMILES string of the molecule is Cc1nc(CN(C)Cc2cccc(C(=O)O)c2)cs1. The van der Waals surface area contributed by atoms with E-state index in [9.17, 15) is 4.79 Å². The van der Waals surface area contributed by atoms with Crippen LogP contribution >= 0.6 is 11.3 Å². The number of hydrogen-bond acceptors (Lipinski definition) is 4. The van der Waals surface area contributed by atoms with Crippen LogP contribution in [0, 0.1) is 6.92 Å². The van der Waals surface area contributed by atoms with Gasteiger partial charge in [0.2, 0.25) is 0 Å². The first-order chi connectivity index (χ1) is 9.04. The smallest absolute Gasteiger partial charge is 0.335 e. The zero-order valence-corrected chi connectivity index (χ0v) is 11.8. The standard InChI is InChI=1S/C14H16N2O2S/c1-10-15-13(9-19-10)8-16(2)7-11-4-3-5-12(6-11)14(17)18/h3-6,9H,7-8H2,1-2H3,(H,17,18). The lowest BCUT2D eigenvalue weighted by Crippen LogP contribution is -2.17. The van der Waals surface area contributed by atoms with Crippen molar-refractivity contribution >= 4 is 17.3 Å². The minimum absolute atomic E-state index is 0.329. The first-order valence-corrected chi connectivity index (χ1v) is 6.84. The van der Waals surface area contributed by atoms with Gasteiger partial charge < -0.3 is 5.11 Å². The lowest BCUT2D eigenvalue weighted by Gasteiger charge is -2.15. The fourth-order valence-corrected chi connectivity index (χ4v) is 2.53. The zero-order valence-electron chi connectivity index (χ0n) is 11.0. The van der Waals surface area contributed by atoms with Crippen molar-refractivity contribution in [3.63, 3.8) is 0 Å². The van der Waals surface area contributed by atoms with Gasteiger partial charge in [-0.1, -0.05) is 12.1 Å². The van der Waals surface area contributed by atoms with Crippen LogP contribution in [0.2, 0.25) is 0 Å². The van der Waals surface area contributed by atoms with Gasteiger partial charge in [-0.3, -0.25) is 4.90 Å². The number of thiazole rings is 1. The van der Waals surface area contributed by atoms with E-state index in [2.05, 4.69) is 15.3 Å². The van der Waals surface area contributed by atoms with Crippen molar-refractivity contribution in [1.82, 2.24) is 9.88 Å². The summed E-state index contributed by atoms with van der Waals surface area (Å²) in [4.78, 5) is 17.5. The Morgan fingerprint density at radius 3 is 2.84 bits per heavy atom. The molecule has 1 N–H and O–H groups in total. The molecule has 0 spiro atoms. The predicted octanol–water partition coefficient (Wildman–Crippen LogP) is 2.78. The van der Waals surface area contributed by atoms with Crippen LogP contribution in [-0.4, -0.2) is 28.0 Å². The van der Waals surface area contributed by atoms with E-state index in [0.717, 1.165) is 22.8 Å². The lowest BCUT2D eigenvalue weighted by molar-refractivity contribution is 0.0696. The molecule has 0 aliphatic carbocycles. The van der Waals surface area contributed by atoms with Crippen molar-refractivity contribution in [2.24, 2.45) is 0 Å². The fourth-order valence-electron chi connectivity index (χ4n) is 1.93. The number of carboxylic acid groups (broad SMARTS) is 1. The van der Waals surface area contributed by atoms with Gasteiger partial charge in [0.15, 0.2) is 0 Å². The van der Waals surface area contributed by atoms with Crippen LogP contribution in [0.1, 0.15) is 26.6 Å². The molecule has 0 unspecified atom stereocenters. The van der Waals surface area contributed by atoms with E-state index < -0.39 is 5.97 Å². The molecular formula is C14H16N2O2S. The number of hydrogen-bond donors (Lipinski definition) is 1. The molecule has 0 aliphatic heterocycles. The molecule has 100 valence electrons. The largest absolute Gasteiger partial charge is 0.478 e. The van der Waals surface area contributed by atoms with E-state index in [1.165, 1.54) is 0 Å². The van der Waals surface area contributed by atoms with Gasteiger partial charge in [0, 0.05) is 18.5 Å². The van der Waals surface area contributed by atoms with Crippen LogP contribution in [-0.2, 0) is 13.1 Å². The van der Waals surface area contributed by atoms with Crippen LogP contribution in [0.25, 0.3) is 0 Å². The number of carbonyl (C=O) groups is 1. The number of nitrogens with zero attached hydrogens (tertiary/aromatic N) is 2. The van der Waals surface area contributed by atoms with Crippen LogP contribution in [0.15, 0.2) is 29.6 Å². The van der Waals surface area contributed by atoms with Gasteiger partial charge in [-0.25, -0.2) is 9.78 Å². The molecule has 0 aliphatic rings. The highest BCUT2D eigenvalue weighted by atomic mass is 32.1. The van der Waals surface area contributed by atoms with E-state index in [1.807, 2.05) is 20.0 Å². The molecule has 0 saturated carbocycles. The lowest BCUT2D eigenvalue weighted by atomic mass is 10.1. The predicted molar refractivity (Wildman–Crippen MR) is 75.4 cm³/mol. The molecule has 2 aromatic rings. The second-order valence-corrected chi connectivity index (χ2v) is 5.60. The summed E-state index contributed by atoms with van der Waals surface area (Å²) in [6.45, 7) is 3.46. The molecule has 19 heavy (non-hydrogen) atoms. The summed E-state index contributed by atoms with van der Waals surface area (Å²) in [5.41, 5.74) is 2.38. The third-order valence-electron chi connectivity index (χ3n) is 2.72. The van der Waals surface area contributed by atoms with E-state index in [-0.39, 0.29) is 0 Å². The van der Waals surface area contributed by atoms with E-state index in [0.29, 0.717) is 12.1 Å². The summed E-state index contributed by atoms with van der Waals surface area (Å²) >= 11 is 1.64. The van der Waals surface area contributed by atoms with Crippen molar-refractivity contribution in [3.8, 4) is 0 Å². The minimum Gasteiger partial charge on any atom is -0.478 e. The summed E-state index contributed by atoms with van der Waals surface area (Å²) in [7, 11) is 2.00. The Balaban J connectivity index is 2.00. The summed E-state index contributed by atoms with van der Waals surface area (Å²) in [6.07, 6.45) is 0. The zero-order chi connectivity index (χ0) is 13.8. The van der Waals surface area contributed by atoms with Gasteiger partial charge >= 0.3 is 5.97 Å².